The molecule has 1 saturated heterocycles. The monoisotopic (exact) mass is 266 g/mol. The molecular formula is C13H20N3OS+. The van der Waals surface area contributed by atoms with Gasteiger partial charge in [-0.25, -0.2) is 5.43 Å². The summed E-state index contributed by atoms with van der Waals surface area (Å²) in [6, 6.07) is 3.94. The molecule has 4 nitrogen and oxygen atoms in total. The first-order chi connectivity index (χ1) is 8.84. The highest BCUT2D eigenvalue weighted by Crippen LogP contribution is 2.04. The minimum absolute atomic E-state index is 0.0136. The van der Waals surface area contributed by atoms with E-state index in [1.165, 1.54) is 30.6 Å². The van der Waals surface area contributed by atoms with Crippen LogP contribution in [-0.4, -0.2) is 31.8 Å². The van der Waals surface area contributed by atoms with Crippen molar-refractivity contribution in [2.45, 2.75) is 25.7 Å². The number of hydrogen-bond acceptors (Lipinski definition) is 3. The number of likely N-dealkylation sites (tertiary alicyclic amines) is 1. The maximum atomic E-state index is 11.7. The minimum atomic E-state index is 0.0136. The number of hydrazone groups is 1. The average molecular weight is 266 g/mol. The van der Waals surface area contributed by atoms with Crippen molar-refractivity contribution in [2.24, 2.45) is 5.10 Å². The quantitative estimate of drug-likeness (QED) is 0.610. The smallest absolute Gasteiger partial charge is 0.295 e. The van der Waals surface area contributed by atoms with Crippen molar-refractivity contribution in [2.75, 3.05) is 19.6 Å². The summed E-state index contributed by atoms with van der Waals surface area (Å²) < 4.78 is 0. The molecule has 0 radical (unpaired) electrons. The summed E-state index contributed by atoms with van der Waals surface area (Å²) >= 11 is 1.61. The Morgan fingerprint density at radius 3 is 2.83 bits per heavy atom. The summed E-state index contributed by atoms with van der Waals surface area (Å²) in [6.45, 7) is 2.77. The number of rotatable bonds is 4. The molecule has 1 amide bonds. The number of nitrogens with zero attached hydrogens (tertiary/aromatic N) is 1. The molecule has 0 aliphatic carbocycles. The van der Waals surface area contributed by atoms with Crippen molar-refractivity contribution in [3.63, 3.8) is 0 Å². The van der Waals surface area contributed by atoms with Crippen molar-refractivity contribution in [1.29, 1.82) is 0 Å². The predicted molar refractivity (Wildman–Crippen MR) is 74.1 cm³/mol. The second-order valence-corrected chi connectivity index (χ2v) is 5.63. The van der Waals surface area contributed by atoms with Crippen molar-refractivity contribution < 1.29 is 9.69 Å². The topological polar surface area (TPSA) is 45.9 Å². The molecular weight excluding hydrogens is 246 g/mol. The lowest BCUT2D eigenvalue weighted by atomic mass is 10.2. The van der Waals surface area contributed by atoms with Gasteiger partial charge >= 0.3 is 0 Å². The van der Waals surface area contributed by atoms with E-state index < -0.39 is 0 Å². The van der Waals surface area contributed by atoms with E-state index in [9.17, 15) is 4.79 Å². The molecule has 1 fully saturated rings. The molecule has 0 saturated carbocycles. The number of nitrogens with one attached hydrogen (secondary N) is 2. The van der Waals surface area contributed by atoms with Gasteiger partial charge in [0.25, 0.3) is 5.91 Å². The van der Waals surface area contributed by atoms with Crippen LogP contribution in [0.4, 0.5) is 0 Å². The molecule has 1 aromatic rings. The number of quaternary nitrogens is 1. The van der Waals surface area contributed by atoms with Gasteiger partial charge in [-0.2, -0.15) is 5.10 Å². The zero-order valence-corrected chi connectivity index (χ0v) is 11.3. The third-order valence-electron chi connectivity index (χ3n) is 3.15. The molecule has 2 N–H and O–H groups in total. The van der Waals surface area contributed by atoms with Crippen molar-refractivity contribution in [3.05, 3.63) is 22.4 Å². The summed E-state index contributed by atoms with van der Waals surface area (Å²) in [5.41, 5.74) is 2.60. The highest BCUT2D eigenvalue weighted by Gasteiger charge is 2.15. The van der Waals surface area contributed by atoms with Gasteiger partial charge in [0, 0.05) is 4.88 Å². The number of amides is 1. The van der Waals surface area contributed by atoms with Crippen LogP contribution in [0.5, 0.6) is 0 Å². The molecule has 0 atom stereocenters. The predicted octanol–water partition coefficient (Wildman–Crippen LogP) is 0.657. The second kappa shape index (κ2) is 7.28. The van der Waals surface area contributed by atoms with Crippen LogP contribution in [0, 0.1) is 0 Å². The molecule has 0 unspecified atom stereocenters. The summed E-state index contributed by atoms with van der Waals surface area (Å²) in [5, 5.41) is 5.97. The Morgan fingerprint density at radius 2 is 2.17 bits per heavy atom. The molecule has 5 heteroatoms. The number of carbonyl (C=O) groups excluding carboxylic acids is 1. The minimum Gasteiger partial charge on any atom is -0.327 e. The maximum Gasteiger partial charge on any atom is 0.295 e. The zero-order valence-electron chi connectivity index (χ0n) is 10.5. The van der Waals surface area contributed by atoms with Gasteiger partial charge in [-0.1, -0.05) is 6.07 Å². The Kier molecular flexibility index (Phi) is 5.36. The van der Waals surface area contributed by atoms with E-state index in [4.69, 9.17) is 0 Å². The average Bonchev–Trinajstić information content (AvgIpc) is 2.74. The molecule has 2 heterocycles. The lowest BCUT2D eigenvalue weighted by Gasteiger charge is -2.15. The van der Waals surface area contributed by atoms with Crippen LogP contribution in [0.3, 0.4) is 0 Å². The fourth-order valence-electron chi connectivity index (χ4n) is 2.20. The summed E-state index contributed by atoms with van der Waals surface area (Å²) in [6.07, 6.45) is 6.78. The summed E-state index contributed by atoms with van der Waals surface area (Å²) in [7, 11) is 0. The van der Waals surface area contributed by atoms with E-state index in [1.54, 1.807) is 17.6 Å². The Bertz CT molecular complexity index is 381. The molecule has 0 aromatic carbocycles. The van der Waals surface area contributed by atoms with Gasteiger partial charge in [0.15, 0.2) is 6.54 Å². The van der Waals surface area contributed by atoms with Gasteiger partial charge in [0.1, 0.15) is 0 Å². The van der Waals surface area contributed by atoms with E-state index in [0.29, 0.717) is 6.54 Å². The Labute approximate surface area is 112 Å². The highest BCUT2D eigenvalue weighted by molar-refractivity contribution is 7.11. The van der Waals surface area contributed by atoms with E-state index in [0.717, 1.165) is 18.0 Å². The number of thiophene rings is 1. The standard InChI is InChI=1S/C13H19N3OS/c17-13(11-16-7-3-1-2-4-8-16)15-14-10-12-6-5-9-18-12/h5-6,9-10H,1-4,7-8,11H2,(H,15,17)/p+1/b14-10-. The molecule has 2 rings (SSSR count). The number of hydrogen-bond donors (Lipinski definition) is 2. The Balaban J connectivity index is 1.71. The van der Waals surface area contributed by atoms with Gasteiger partial charge in [0.05, 0.1) is 19.3 Å². The van der Waals surface area contributed by atoms with Gasteiger partial charge in [-0.05, 0) is 37.1 Å². The maximum absolute atomic E-state index is 11.7. The lowest BCUT2D eigenvalue weighted by Crippen LogP contribution is -3.13. The largest absolute Gasteiger partial charge is 0.327 e. The van der Waals surface area contributed by atoms with Crippen LogP contribution in [-0.2, 0) is 4.79 Å². The SMILES string of the molecule is O=C(C[NH+]1CCCCCC1)N/N=C\c1cccs1. The van der Waals surface area contributed by atoms with E-state index in [2.05, 4.69) is 10.5 Å². The first kappa shape index (κ1) is 13.2. The van der Waals surface area contributed by atoms with Crippen molar-refractivity contribution in [1.82, 2.24) is 5.43 Å². The molecule has 98 valence electrons. The third kappa shape index (κ3) is 4.58. The molecule has 1 aliphatic rings. The molecule has 18 heavy (non-hydrogen) atoms. The summed E-state index contributed by atoms with van der Waals surface area (Å²) in [4.78, 5) is 14.1. The lowest BCUT2D eigenvalue weighted by molar-refractivity contribution is -0.891. The van der Waals surface area contributed by atoms with Gasteiger partial charge in [0.2, 0.25) is 0 Å². The van der Waals surface area contributed by atoms with Crippen LogP contribution in [0.25, 0.3) is 0 Å². The van der Waals surface area contributed by atoms with Crippen LogP contribution in [0.15, 0.2) is 22.6 Å². The fraction of sp³-hybridized carbons (Fsp3) is 0.538. The van der Waals surface area contributed by atoms with Gasteiger partial charge < -0.3 is 4.90 Å². The molecule has 1 aromatic heterocycles. The van der Waals surface area contributed by atoms with Crippen molar-refractivity contribution >= 4 is 23.5 Å². The highest BCUT2D eigenvalue weighted by atomic mass is 32.1. The first-order valence-corrected chi connectivity index (χ1v) is 7.41. The second-order valence-electron chi connectivity index (χ2n) is 4.65. The summed E-state index contributed by atoms with van der Waals surface area (Å²) in [5.74, 6) is 0.0136. The van der Waals surface area contributed by atoms with Crippen LogP contribution >= 0.6 is 11.3 Å². The third-order valence-corrected chi connectivity index (χ3v) is 3.95. The first-order valence-electron chi connectivity index (χ1n) is 6.53. The van der Waals surface area contributed by atoms with E-state index in [-0.39, 0.29) is 5.91 Å². The van der Waals surface area contributed by atoms with Crippen LogP contribution < -0.4 is 10.3 Å². The van der Waals surface area contributed by atoms with E-state index in [1.807, 2.05) is 17.5 Å². The van der Waals surface area contributed by atoms with E-state index >= 15 is 0 Å². The van der Waals surface area contributed by atoms with Crippen LogP contribution in [0.2, 0.25) is 0 Å². The Morgan fingerprint density at radius 1 is 1.39 bits per heavy atom. The molecule has 1 aliphatic heterocycles. The fourth-order valence-corrected chi connectivity index (χ4v) is 2.79. The zero-order chi connectivity index (χ0) is 12.6. The van der Waals surface area contributed by atoms with Gasteiger partial charge in [-0.3, -0.25) is 4.79 Å². The van der Waals surface area contributed by atoms with Crippen LogP contribution in [0.1, 0.15) is 30.6 Å². The number of carbonyl (C=O) groups is 1. The Hall–Kier alpha value is -1.20. The van der Waals surface area contributed by atoms with Gasteiger partial charge in [-0.15, -0.1) is 11.3 Å². The normalized spacial score (nSPS) is 17.8. The molecule has 0 spiro atoms. The molecule has 0 bridgehead atoms. The van der Waals surface area contributed by atoms with Crippen molar-refractivity contribution in [3.8, 4) is 0 Å².